The maximum absolute atomic E-state index is 12.5. The summed E-state index contributed by atoms with van der Waals surface area (Å²) < 4.78 is 39.2. The van der Waals surface area contributed by atoms with Gasteiger partial charge in [0.25, 0.3) is 10.0 Å². The highest BCUT2D eigenvalue weighted by molar-refractivity contribution is 7.92. The zero-order valence-electron chi connectivity index (χ0n) is 12.5. The van der Waals surface area contributed by atoms with Crippen LogP contribution in [-0.2, 0) is 17.1 Å². The molecule has 0 amide bonds. The predicted octanol–water partition coefficient (Wildman–Crippen LogP) is 2.20. The first-order valence-corrected chi connectivity index (χ1v) is 8.09. The van der Waals surface area contributed by atoms with Crippen LogP contribution in [0, 0.1) is 6.92 Å². The molecule has 0 spiro atoms. The number of hydrogen-bond acceptors (Lipinski definition) is 5. The third kappa shape index (κ3) is 2.97. The van der Waals surface area contributed by atoms with Gasteiger partial charge in [-0.05, 0) is 6.92 Å². The molecule has 0 bridgehead atoms. The highest BCUT2D eigenvalue weighted by Crippen LogP contribution is 2.37. The smallest absolute Gasteiger partial charge is 0.265 e. The molecular weight excluding hydrogens is 330 g/mol. The number of nitrogens with one attached hydrogen (secondary N) is 1. The maximum Gasteiger partial charge on any atom is 0.265 e. The summed E-state index contributed by atoms with van der Waals surface area (Å²) >= 11 is 6.00. The summed E-state index contributed by atoms with van der Waals surface area (Å²) in [6.07, 6.45) is 1.29. The fourth-order valence-electron chi connectivity index (χ4n) is 1.88. The number of anilines is 1. The van der Waals surface area contributed by atoms with Crippen LogP contribution in [0.4, 0.5) is 5.69 Å². The summed E-state index contributed by atoms with van der Waals surface area (Å²) in [6.45, 7) is 1.67. The number of nitrogens with zero attached hydrogens (tertiary/aromatic N) is 2. The molecule has 1 aromatic carbocycles. The quantitative estimate of drug-likeness (QED) is 0.898. The molecule has 0 atom stereocenters. The summed E-state index contributed by atoms with van der Waals surface area (Å²) in [6, 6.07) is 2.94. The Morgan fingerprint density at radius 1 is 1.23 bits per heavy atom. The molecule has 0 fully saturated rings. The van der Waals surface area contributed by atoms with Crippen molar-refractivity contribution in [2.75, 3.05) is 18.9 Å². The molecule has 0 saturated carbocycles. The third-order valence-corrected chi connectivity index (χ3v) is 4.96. The van der Waals surface area contributed by atoms with E-state index in [1.165, 1.54) is 37.2 Å². The minimum atomic E-state index is -3.81. The molecule has 1 N–H and O–H groups in total. The first-order valence-electron chi connectivity index (χ1n) is 6.23. The van der Waals surface area contributed by atoms with Gasteiger partial charge in [-0.25, -0.2) is 8.42 Å². The molecule has 0 aliphatic carbocycles. The van der Waals surface area contributed by atoms with E-state index in [9.17, 15) is 8.42 Å². The van der Waals surface area contributed by atoms with E-state index in [2.05, 4.69) is 9.82 Å². The lowest BCUT2D eigenvalue weighted by atomic mass is 10.3. The van der Waals surface area contributed by atoms with Crippen molar-refractivity contribution in [3.8, 4) is 11.5 Å². The van der Waals surface area contributed by atoms with Gasteiger partial charge in [0.15, 0.2) is 0 Å². The average Bonchev–Trinajstić information content (AvgIpc) is 2.80. The van der Waals surface area contributed by atoms with E-state index in [0.717, 1.165) is 0 Å². The van der Waals surface area contributed by atoms with Crippen LogP contribution >= 0.6 is 11.6 Å². The van der Waals surface area contributed by atoms with Gasteiger partial charge < -0.3 is 9.47 Å². The van der Waals surface area contributed by atoms with Gasteiger partial charge in [0.05, 0.1) is 36.8 Å². The van der Waals surface area contributed by atoms with E-state index in [-0.39, 0.29) is 16.3 Å². The number of halogens is 1. The Labute approximate surface area is 133 Å². The van der Waals surface area contributed by atoms with Crippen LogP contribution in [0.5, 0.6) is 11.5 Å². The molecule has 2 rings (SSSR count). The maximum atomic E-state index is 12.5. The van der Waals surface area contributed by atoms with Crippen LogP contribution in [0.2, 0.25) is 5.02 Å². The molecule has 0 aliphatic rings. The number of aromatic nitrogens is 2. The number of benzene rings is 1. The Morgan fingerprint density at radius 3 is 2.36 bits per heavy atom. The van der Waals surface area contributed by atoms with Gasteiger partial charge in [-0.3, -0.25) is 9.40 Å². The highest BCUT2D eigenvalue weighted by atomic mass is 35.5. The molecule has 2 aromatic rings. The third-order valence-electron chi connectivity index (χ3n) is 3.20. The molecule has 0 radical (unpaired) electrons. The van der Waals surface area contributed by atoms with Gasteiger partial charge in [0.1, 0.15) is 16.4 Å². The monoisotopic (exact) mass is 345 g/mol. The largest absolute Gasteiger partial charge is 0.495 e. The molecule has 9 heteroatoms. The normalized spacial score (nSPS) is 11.3. The SMILES string of the molecule is COc1cc(NS(=O)(=O)c2cnn(C)c2C)c(OC)cc1Cl. The summed E-state index contributed by atoms with van der Waals surface area (Å²) in [5, 5.41) is 4.25. The molecule has 0 saturated heterocycles. The second-order valence-corrected chi connectivity index (χ2v) is 6.57. The van der Waals surface area contributed by atoms with E-state index in [1.807, 2.05) is 0 Å². The van der Waals surface area contributed by atoms with E-state index in [0.29, 0.717) is 16.5 Å². The second kappa shape index (κ2) is 6.05. The Hall–Kier alpha value is -1.93. The minimum Gasteiger partial charge on any atom is -0.495 e. The number of ether oxygens (including phenoxy) is 2. The summed E-state index contributed by atoms with van der Waals surface area (Å²) in [5.74, 6) is 0.624. The zero-order valence-corrected chi connectivity index (χ0v) is 14.1. The molecule has 7 nitrogen and oxygen atoms in total. The fraction of sp³-hybridized carbons (Fsp3) is 0.308. The fourth-order valence-corrected chi connectivity index (χ4v) is 3.38. The minimum absolute atomic E-state index is 0.0889. The number of methoxy groups -OCH3 is 2. The topological polar surface area (TPSA) is 82.5 Å². The van der Waals surface area contributed by atoms with Gasteiger partial charge in [0, 0.05) is 19.2 Å². The summed E-state index contributed by atoms with van der Waals surface area (Å²) in [4.78, 5) is 0.0889. The van der Waals surface area contributed by atoms with Crippen LogP contribution < -0.4 is 14.2 Å². The lowest BCUT2D eigenvalue weighted by molar-refractivity contribution is 0.405. The van der Waals surface area contributed by atoms with E-state index in [4.69, 9.17) is 21.1 Å². The lowest BCUT2D eigenvalue weighted by Crippen LogP contribution is -2.14. The van der Waals surface area contributed by atoms with Gasteiger partial charge in [0.2, 0.25) is 0 Å². The number of sulfonamides is 1. The highest BCUT2D eigenvalue weighted by Gasteiger charge is 2.22. The van der Waals surface area contributed by atoms with Crippen LogP contribution in [0.3, 0.4) is 0 Å². The number of aryl methyl sites for hydroxylation is 1. The zero-order chi connectivity index (χ0) is 16.5. The van der Waals surface area contributed by atoms with Crippen LogP contribution in [-0.4, -0.2) is 32.4 Å². The van der Waals surface area contributed by atoms with Crippen molar-refractivity contribution in [2.24, 2.45) is 7.05 Å². The molecule has 120 valence electrons. The van der Waals surface area contributed by atoms with Crippen molar-refractivity contribution < 1.29 is 17.9 Å². The Morgan fingerprint density at radius 2 is 1.86 bits per heavy atom. The predicted molar refractivity (Wildman–Crippen MR) is 83.3 cm³/mol. The van der Waals surface area contributed by atoms with E-state index >= 15 is 0 Å². The van der Waals surface area contributed by atoms with Gasteiger partial charge >= 0.3 is 0 Å². The summed E-state index contributed by atoms with van der Waals surface area (Å²) in [7, 11) is 0.725. The summed E-state index contributed by atoms with van der Waals surface area (Å²) in [5.41, 5.74) is 0.749. The van der Waals surface area contributed by atoms with Crippen LogP contribution in [0.15, 0.2) is 23.2 Å². The van der Waals surface area contributed by atoms with Crippen molar-refractivity contribution >= 4 is 27.3 Å². The average molecular weight is 346 g/mol. The van der Waals surface area contributed by atoms with E-state index in [1.54, 1.807) is 14.0 Å². The van der Waals surface area contributed by atoms with E-state index < -0.39 is 10.0 Å². The van der Waals surface area contributed by atoms with Crippen LogP contribution in [0.25, 0.3) is 0 Å². The van der Waals surface area contributed by atoms with Crippen molar-refractivity contribution in [3.63, 3.8) is 0 Å². The Balaban J connectivity index is 2.47. The van der Waals surface area contributed by atoms with Crippen molar-refractivity contribution in [1.29, 1.82) is 0 Å². The van der Waals surface area contributed by atoms with Crippen molar-refractivity contribution in [1.82, 2.24) is 9.78 Å². The molecule has 1 heterocycles. The molecular formula is C13H16ClN3O4S. The van der Waals surface area contributed by atoms with Gasteiger partial charge in [-0.1, -0.05) is 11.6 Å². The molecule has 22 heavy (non-hydrogen) atoms. The van der Waals surface area contributed by atoms with Crippen molar-refractivity contribution in [2.45, 2.75) is 11.8 Å². The Kier molecular flexibility index (Phi) is 4.52. The molecule has 1 aromatic heterocycles. The van der Waals surface area contributed by atoms with Gasteiger partial charge in [-0.15, -0.1) is 0 Å². The van der Waals surface area contributed by atoms with Crippen molar-refractivity contribution in [3.05, 3.63) is 29.0 Å². The number of hydrogen-bond donors (Lipinski definition) is 1. The molecule has 0 aliphatic heterocycles. The first-order chi connectivity index (χ1) is 10.3. The molecule has 0 unspecified atom stereocenters. The number of rotatable bonds is 5. The first kappa shape index (κ1) is 16.4. The van der Waals surface area contributed by atoms with Crippen LogP contribution in [0.1, 0.15) is 5.69 Å². The Bertz CT molecular complexity index is 802. The van der Waals surface area contributed by atoms with Gasteiger partial charge in [-0.2, -0.15) is 5.10 Å². The lowest BCUT2D eigenvalue weighted by Gasteiger charge is -2.14. The second-order valence-electron chi connectivity index (χ2n) is 4.51. The standard InChI is InChI=1S/C13H16ClN3O4S/c1-8-13(7-15-17(8)2)22(18,19)16-10-6-11(20-3)9(14)5-12(10)21-4/h5-7,16H,1-4H3.